The predicted molar refractivity (Wildman–Crippen MR) is 57.6 cm³/mol. The second-order valence-electron chi connectivity index (χ2n) is 4.61. The van der Waals surface area contributed by atoms with Gasteiger partial charge in [0.05, 0.1) is 5.54 Å². The van der Waals surface area contributed by atoms with Gasteiger partial charge in [-0.25, -0.2) is 4.79 Å². The lowest BCUT2D eigenvalue weighted by molar-refractivity contribution is 0.0498. The molecule has 0 atom stereocenters. The summed E-state index contributed by atoms with van der Waals surface area (Å²) in [5.41, 5.74) is 4.91. The highest BCUT2D eigenvalue weighted by molar-refractivity contribution is 5.85. The van der Waals surface area contributed by atoms with Crippen molar-refractivity contribution in [3.05, 3.63) is 0 Å². The summed E-state index contributed by atoms with van der Waals surface area (Å²) in [5.74, 6) is 0. The Morgan fingerprint density at radius 1 is 1.50 bits per heavy atom. The van der Waals surface area contributed by atoms with Gasteiger partial charge in [-0.3, -0.25) is 0 Å². The molecule has 1 amide bonds. The topological polar surface area (TPSA) is 64.3 Å². The Morgan fingerprint density at radius 3 is 2.29 bits per heavy atom. The maximum absolute atomic E-state index is 11.3. The number of carbonyl (C=O) groups excluding carboxylic acids is 1. The second-order valence-corrected chi connectivity index (χ2v) is 4.61. The summed E-state index contributed by atoms with van der Waals surface area (Å²) in [6.45, 7) is 6.02. The minimum absolute atomic E-state index is 0. The van der Waals surface area contributed by atoms with Crippen molar-refractivity contribution in [3.63, 3.8) is 0 Å². The maximum atomic E-state index is 11.3. The number of nitrogens with one attached hydrogen (secondary N) is 1. The van der Waals surface area contributed by atoms with Gasteiger partial charge in [0.15, 0.2) is 0 Å². The molecular weight excluding hydrogens is 204 g/mol. The molecule has 0 aliphatic heterocycles. The molecule has 84 valence electrons. The van der Waals surface area contributed by atoms with E-state index in [9.17, 15) is 4.79 Å². The first-order chi connectivity index (χ1) is 5.87. The van der Waals surface area contributed by atoms with Crippen molar-refractivity contribution in [2.75, 3.05) is 6.54 Å². The molecule has 0 spiro atoms. The molecule has 0 unspecified atom stereocenters. The Bertz CT molecular complexity index is 209. The molecule has 1 fully saturated rings. The average Bonchev–Trinajstić information content (AvgIpc) is 2.65. The number of nitrogens with two attached hydrogens (primary N) is 1. The van der Waals surface area contributed by atoms with E-state index in [4.69, 9.17) is 10.5 Å². The Morgan fingerprint density at radius 2 is 2.00 bits per heavy atom. The normalized spacial score (nSPS) is 18.0. The smallest absolute Gasteiger partial charge is 0.408 e. The lowest BCUT2D eigenvalue weighted by Gasteiger charge is -2.22. The summed E-state index contributed by atoms with van der Waals surface area (Å²) in [6.07, 6.45) is 1.56. The lowest BCUT2D eigenvalue weighted by atomic mass is 10.2. The molecule has 0 aromatic heterocycles. The molecule has 0 radical (unpaired) electrons. The van der Waals surface area contributed by atoms with E-state index in [1.807, 2.05) is 20.8 Å². The van der Waals surface area contributed by atoms with Crippen molar-refractivity contribution >= 4 is 18.5 Å². The molecular formula is C9H19ClN2O2. The van der Waals surface area contributed by atoms with E-state index in [0.717, 1.165) is 12.8 Å². The van der Waals surface area contributed by atoms with Gasteiger partial charge in [0, 0.05) is 6.54 Å². The molecule has 0 aromatic carbocycles. The summed E-state index contributed by atoms with van der Waals surface area (Å²) in [5, 5.41) is 2.79. The molecule has 1 saturated carbocycles. The van der Waals surface area contributed by atoms with Crippen LogP contribution in [0.15, 0.2) is 0 Å². The van der Waals surface area contributed by atoms with Crippen molar-refractivity contribution in [2.24, 2.45) is 5.73 Å². The third-order valence-electron chi connectivity index (χ3n) is 2.01. The molecule has 0 aromatic rings. The fraction of sp³-hybridized carbons (Fsp3) is 0.889. The number of hydrogen-bond acceptors (Lipinski definition) is 3. The molecule has 0 bridgehead atoms. The highest BCUT2D eigenvalue weighted by atomic mass is 35.5. The number of halogens is 1. The molecule has 1 aliphatic carbocycles. The van der Waals surface area contributed by atoms with Crippen LogP contribution in [-0.4, -0.2) is 23.8 Å². The summed E-state index contributed by atoms with van der Waals surface area (Å²) in [4.78, 5) is 11.3. The van der Waals surface area contributed by atoms with E-state index in [1.165, 1.54) is 0 Å². The monoisotopic (exact) mass is 222 g/mol. The standard InChI is InChI=1S/C9H18N2O2.ClH/c1-8(2,3)13-7(12)11-9(6-10)4-5-9;/h4-6,10H2,1-3H3,(H,11,12);1H. The second kappa shape index (κ2) is 4.36. The fourth-order valence-corrected chi connectivity index (χ4v) is 1.05. The summed E-state index contributed by atoms with van der Waals surface area (Å²) < 4.78 is 5.11. The van der Waals surface area contributed by atoms with Crippen molar-refractivity contribution in [1.29, 1.82) is 0 Å². The first-order valence-electron chi connectivity index (χ1n) is 4.58. The van der Waals surface area contributed by atoms with Gasteiger partial charge in [-0.2, -0.15) is 0 Å². The first-order valence-corrected chi connectivity index (χ1v) is 4.58. The Kier molecular flexibility index (Phi) is 4.21. The predicted octanol–water partition coefficient (Wildman–Crippen LogP) is 1.42. The number of ether oxygens (including phenoxy) is 1. The molecule has 4 nitrogen and oxygen atoms in total. The molecule has 5 heteroatoms. The zero-order valence-electron chi connectivity index (χ0n) is 8.92. The fourth-order valence-electron chi connectivity index (χ4n) is 1.05. The minimum atomic E-state index is -0.436. The van der Waals surface area contributed by atoms with Gasteiger partial charge in [-0.05, 0) is 33.6 Å². The summed E-state index contributed by atoms with van der Waals surface area (Å²) >= 11 is 0. The quantitative estimate of drug-likeness (QED) is 0.743. The Hall–Kier alpha value is -0.480. The van der Waals surface area contributed by atoms with Crippen molar-refractivity contribution in [2.45, 2.75) is 44.8 Å². The van der Waals surface area contributed by atoms with Gasteiger partial charge >= 0.3 is 6.09 Å². The summed E-state index contributed by atoms with van der Waals surface area (Å²) in [6, 6.07) is 0. The summed E-state index contributed by atoms with van der Waals surface area (Å²) in [7, 11) is 0. The van der Waals surface area contributed by atoms with Crippen LogP contribution in [0.25, 0.3) is 0 Å². The van der Waals surface area contributed by atoms with Gasteiger partial charge < -0.3 is 15.8 Å². The van der Waals surface area contributed by atoms with Crippen molar-refractivity contribution in [3.8, 4) is 0 Å². The van der Waals surface area contributed by atoms with Crippen molar-refractivity contribution < 1.29 is 9.53 Å². The number of hydrogen-bond donors (Lipinski definition) is 2. The highest BCUT2D eigenvalue weighted by Crippen LogP contribution is 2.34. The number of alkyl carbamates (subject to hydrolysis) is 1. The zero-order valence-corrected chi connectivity index (χ0v) is 9.74. The average molecular weight is 223 g/mol. The van der Waals surface area contributed by atoms with Crippen LogP contribution in [-0.2, 0) is 4.74 Å². The van der Waals surface area contributed by atoms with Gasteiger partial charge in [0.2, 0.25) is 0 Å². The molecule has 1 aliphatic rings. The van der Waals surface area contributed by atoms with E-state index >= 15 is 0 Å². The molecule has 0 saturated heterocycles. The van der Waals surface area contributed by atoms with Crippen LogP contribution in [0.4, 0.5) is 4.79 Å². The third-order valence-corrected chi connectivity index (χ3v) is 2.01. The van der Waals surface area contributed by atoms with Crippen LogP contribution in [0.2, 0.25) is 0 Å². The highest BCUT2D eigenvalue weighted by Gasteiger charge is 2.43. The van der Waals surface area contributed by atoms with Gasteiger partial charge in [0.25, 0.3) is 0 Å². The molecule has 0 heterocycles. The number of amides is 1. The van der Waals surface area contributed by atoms with Crippen LogP contribution in [0.5, 0.6) is 0 Å². The van der Waals surface area contributed by atoms with E-state index in [-0.39, 0.29) is 24.0 Å². The Balaban J connectivity index is 0.00000169. The van der Waals surface area contributed by atoms with Crippen LogP contribution < -0.4 is 11.1 Å². The van der Waals surface area contributed by atoms with Gasteiger partial charge in [-0.1, -0.05) is 0 Å². The van der Waals surface area contributed by atoms with Gasteiger partial charge in [-0.15, -0.1) is 12.4 Å². The van der Waals surface area contributed by atoms with E-state index in [2.05, 4.69) is 5.32 Å². The minimum Gasteiger partial charge on any atom is -0.444 e. The first kappa shape index (κ1) is 13.5. The maximum Gasteiger partial charge on any atom is 0.408 e. The molecule has 3 N–H and O–H groups in total. The zero-order chi connectivity index (χ0) is 10.1. The molecule has 14 heavy (non-hydrogen) atoms. The van der Waals surface area contributed by atoms with Crippen LogP contribution in [0.1, 0.15) is 33.6 Å². The SMILES string of the molecule is CC(C)(C)OC(=O)NC1(CN)CC1.Cl. The number of rotatable bonds is 2. The largest absolute Gasteiger partial charge is 0.444 e. The lowest BCUT2D eigenvalue weighted by Crippen LogP contribution is -2.44. The third kappa shape index (κ3) is 4.15. The van der Waals surface area contributed by atoms with Crippen LogP contribution in [0.3, 0.4) is 0 Å². The number of carbonyl (C=O) groups is 1. The van der Waals surface area contributed by atoms with E-state index in [0.29, 0.717) is 6.54 Å². The van der Waals surface area contributed by atoms with Crippen LogP contribution in [0, 0.1) is 0 Å². The van der Waals surface area contributed by atoms with Crippen LogP contribution >= 0.6 is 12.4 Å². The van der Waals surface area contributed by atoms with Gasteiger partial charge in [0.1, 0.15) is 5.60 Å². The van der Waals surface area contributed by atoms with Crippen molar-refractivity contribution in [1.82, 2.24) is 5.32 Å². The van der Waals surface area contributed by atoms with E-state index < -0.39 is 5.60 Å². The molecule has 1 rings (SSSR count). The Labute approximate surface area is 91.0 Å². The van der Waals surface area contributed by atoms with E-state index in [1.54, 1.807) is 0 Å².